The summed E-state index contributed by atoms with van der Waals surface area (Å²) in [5.41, 5.74) is 3.71. The van der Waals surface area contributed by atoms with E-state index in [9.17, 15) is 14.4 Å². The van der Waals surface area contributed by atoms with Crippen LogP contribution in [-0.2, 0) is 23.8 Å². The van der Waals surface area contributed by atoms with E-state index in [1.165, 1.54) is 93.7 Å². The average molecular weight is 639 g/mol. The van der Waals surface area contributed by atoms with Crippen LogP contribution in [0.1, 0.15) is 134 Å². The number of hydrogen-bond acceptors (Lipinski definition) is 1. The summed E-state index contributed by atoms with van der Waals surface area (Å²) in [6.45, 7) is 2.07. The Hall–Kier alpha value is -1.84. The number of hydrogen-bond donors (Lipinski definition) is 2. The van der Waals surface area contributed by atoms with Crippen molar-refractivity contribution in [2.45, 2.75) is 151 Å². The summed E-state index contributed by atoms with van der Waals surface area (Å²) in [7, 11) is -2.83. The lowest BCUT2D eigenvalue weighted by atomic mass is 10.1. The van der Waals surface area contributed by atoms with E-state index < -0.39 is 16.4 Å². The van der Waals surface area contributed by atoms with Crippen molar-refractivity contribution in [3.05, 3.63) is 89.5 Å². The van der Waals surface area contributed by atoms with Gasteiger partial charge in [-0.1, -0.05) is 144 Å². The van der Waals surface area contributed by atoms with Crippen LogP contribution in [-0.4, -0.2) is 9.79 Å². The van der Waals surface area contributed by atoms with Crippen LogP contribution in [0.5, 0.6) is 0 Å². The van der Waals surface area contributed by atoms with E-state index in [1.54, 1.807) is 0 Å². The van der Waals surface area contributed by atoms with Crippen molar-refractivity contribution in [3.63, 3.8) is 0 Å². The van der Waals surface area contributed by atoms with Gasteiger partial charge in [0.15, 0.2) is 0 Å². The lowest BCUT2D eigenvalue weighted by molar-refractivity contribution is 0.395. The molecule has 0 saturated carbocycles. The first-order chi connectivity index (χ1) is 21.4. The smallest absolute Gasteiger partial charge is 0.317 e. The third-order valence-corrected chi connectivity index (χ3v) is 16.5. The van der Waals surface area contributed by atoms with Gasteiger partial charge in [0.05, 0.1) is 0 Å². The predicted molar refractivity (Wildman–Crippen MR) is 191 cm³/mol. The first-order valence-electron chi connectivity index (χ1n) is 17.5. The van der Waals surface area contributed by atoms with Gasteiger partial charge in [0.1, 0.15) is 0 Å². The van der Waals surface area contributed by atoms with Gasteiger partial charge in [-0.25, -0.2) is 4.57 Å². The highest BCUT2D eigenvalue weighted by Crippen LogP contribution is 2.88. The fraction of sp³-hybridized carbons (Fsp3) is 0.538. The summed E-state index contributed by atoms with van der Waals surface area (Å²) in [5, 5.41) is 0. The third-order valence-electron chi connectivity index (χ3n) is 8.86. The quantitative estimate of drug-likeness (QED) is 0.0850. The Balaban J connectivity index is 1.94. The van der Waals surface area contributed by atoms with Gasteiger partial charge in [0.2, 0.25) is 0 Å². The molecule has 0 unspecified atom stereocenters. The number of benzene rings is 3. The molecular weight excluding hydrogens is 579 g/mol. The second kappa shape index (κ2) is 19.6. The molecule has 0 aliphatic heterocycles. The minimum Gasteiger partial charge on any atom is -0.317 e. The molecule has 0 spiro atoms. The molecule has 0 aliphatic rings. The molecule has 0 amide bonds. The summed E-state index contributed by atoms with van der Waals surface area (Å²) in [4.78, 5) is 24.8. The molecule has 3 rings (SSSR count). The summed E-state index contributed by atoms with van der Waals surface area (Å²) in [6, 6.07) is 24.6. The number of aryl methyl sites for hydroxylation is 3. The molecule has 0 saturated heterocycles. The molecule has 244 valence electrons. The monoisotopic (exact) mass is 638 g/mol. The summed E-state index contributed by atoms with van der Waals surface area (Å²) < 4.78 is 13.9. The Kier molecular flexibility index (Phi) is 16.3. The molecule has 0 heterocycles. The predicted octanol–water partition coefficient (Wildman–Crippen LogP) is 12.6. The van der Waals surface area contributed by atoms with E-state index in [0.29, 0.717) is 0 Å². The van der Waals surface area contributed by atoms with Crippen molar-refractivity contribution < 1.29 is 14.4 Å². The molecule has 5 heteroatoms. The summed E-state index contributed by atoms with van der Waals surface area (Å²) >= 11 is 0. The average Bonchev–Trinajstić information content (AvgIpc) is 3.02. The lowest BCUT2D eigenvalue weighted by Gasteiger charge is -2.41. The molecule has 3 aromatic rings. The third kappa shape index (κ3) is 10.6. The van der Waals surface area contributed by atoms with Gasteiger partial charge in [-0.15, -0.1) is 0 Å². The van der Waals surface area contributed by atoms with Crippen LogP contribution in [0.3, 0.4) is 0 Å². The minimum absolute atomic E-state index is 0.736. The van der Waals surface area contributed by atoms with E-state index in [2.05, 4.69) is 57.2 Å². The molecule has 0 atom stereocenters. The van der Waals surface area contributed by atoms with E-state index in [-0.39, 0.29) is 0 Å². The molecule has 0 aliphatic carbocycles. The Bertz CT molecular complexity index is 1090. The van der Waals surface area contributed by atoms with Crippen LogP contribution in [0.2, 0.25) is 0 Å². The minimum atomic E-state index is -4.64. The number of unbranched alkanes of at least 4 members (excludes halogenated alkanes) is 12. The molecule has 0 bridgehead atoms. The van der Waals surface area contributed by atoms with Crippen LogP contribution in [0.25, 0.3) is 0 Å². The Morgan fingerprint density at radius 2 is 0.682 bits per heavy atom. The maximum absolute atomic E-state index is 13.9. The van der Waals surface area contributed by atoms with Gasteiger partial charge in [-0.2, -0.15) is 0 Å². The first kappa shape index (κ1) is 36.6. The van der Waals surface area contributed by atoms with Crippen molar-refractivity contribution >= 4 is 16.4 Å². The molecular formula is C39H59O3PS. The fourth-order valence-electron chi connectivity index (χ4n) is 6.18. The van der Waals surface area contributed by atoms with Crippen LogP contribution in [0.15, 0.2) is 87.5 Å². The van der Waals surface area contributed by atoms with Crippen molar-refractivity contribution in [3.8, 4) is 0 Å². The Morgan fingerprint density at radius 1 is 0.432 bits per heavy atom. The highest BCUT2D eigenvalue weighted by atomic mass is 32.8. The molecule has 3 aromatic carbocycles. The van der Waals surface area contributed by atoms with Crippen molar-refractivity contribution in [2.24, 2.45) is 0 Å². The van der Waals surface area contributed by atoms with Gasteiger partial charge < -0.3 is 9.79 Å². The van der Waals surface area contributed by atoms with Crippen molar-refractivity contribution in [1.82, 2.24) is 0 Å². The molecule has 0 radical (unpaired) electrons. The van der Waals surface area contributed by atoms with E-state index in [4.69, 9.17) is 0 Å². The highest BCUT2D eigenvalue weighted by molar-refractivity contribution is 8.76. The first-order valence-corrected chi connectivity index (χ1v) is 21.4. The molecule has 2 N–H and O–H groups in total. The standard InChI is InChI=1S/C39H59O3PS/c1-4-7-10-13-16-19-34-22-28-37(29-23-34)44(43(40,41)42,38-30-24-35(25-31-38)20-17-14-11-8-5-2)39-32-26-36(27-33-39)21-18-15-12-9-6-3/h22-33H,4-21H2,1-3H3,(H2,40,41,42). The Labute approximate surface area is 270 Å². The zero-order chi connectivity index (χ0) is 31.7. The van der Waals surface area contributed by atoms with Gasteiger partial charge in [-0.05, 0) is 91.6 Å². The van der Waals surface area contributed by atoms with Crippen LogP contribution < -0.4 is 0 Å². The normalized spacial score (nSPS) is 12.5. The van der Waals surface area contributed by atoms with E-state index >= 15 is 0 Å². The van der Waals surface area contributed by atoms with Gasteiger partial charge in [0, 0.05) is 14.7 Å². The topological polar surface area (TPSA) is 57.5 Å². The maximum Gasteiger partial charge on any atom is 0.378 e. The van der Waals surface area contributed by atoms with Gasteiger partial charge in [-0.3, -0.25) is 0 Å². The van der Waals surface area contributed by atoms with Gasteiger partial charge >= 0.3 is 6.80 Å². The molecule has 0 fully saturated rings. The fourth-order valence-corrected chi connectivity index (χ4v) is 13.0. The lowest BCUT2D eigenvalue weighted by Crippen LogP contribution is -2.06. The van der Waals surface area contributed by atoms with Crippen LogP contribution in [0, 0.1) is 0 Å². The van der Waals surface area contributed by atoms with Crippen LogP contribution >= 0.6 is 16.4 Å². The second-order valence-corrected chi connectivity index (χ2v) is 19.1. The van der Waals surface area contributed by atoms with Gasteiger partial charge in [0.25, 0.3) is 0 Å². The SMILES string of the molecule is CCCCCCCc1ccc(S(c2ccc(CCCCCCC)cc2)(c2ccc(CCCCCCC)cc2)P(=O)(O)O)cc1. The maximum atomic E-state index is 13.9. The molecule has 3 nitrogen and oxygen atoms in total. The highest BCUT2D eigenvalue weighted by Gasteiger charge is 2.46. The largest absolute Gasteiger partial charge is 0.378 e. The zero-order valence-corrected chi connectivity index (χ0v) is 29.5. The van der Waals surface area contributed by atoms with E-state index in [1.807, 2.05) is 36.4 Å². The van der Waals surface area contributed by atoms with E-state index in [0.717, 1.165) is 53.2 Å². The zero-order valence-electron chi connectivity index (χ0n) is 27.8. The Morgan fingerprint density at radius 3 is 0.909 bits per heavy atom. The summed E-state index contributed by atoms with van der Waals surface area (Å²) in [6.07, 6.45) is 21.5. The van der Waals surface area contributed by atoms with Crippen LogP contribution in [0.4, 0.5) is 0 Å². The van der Waals surface area contributed by atoms with Crippen molar-refractivity contribution in [2.75, 3.05) is 0 Å². The number of rotatable bonds is 22. The molecule has 0 aromatic heterocycles. The molecule has 44 heavy (non-hydrogen) atoms. The van der Waals surface area contributed by atoms with Crippen molar-refractivity contribution in [1.29, 1.82) is 0 Å². The second-order valence-electron chi connectivity index (χ2n) is 12.5. The summed E-state index contributed by atoms with van der Waals surface area (Å²) in [5.74, 6) is 0.